The zero-order valence-corrected chi connectivity index (χ0v) is 10.7. The van der Waals surface area contributed by atoms with Crippen molar-refractivity contribution < 1.29 is 18.3 Å². The van der Waals surface area contributed by atoms with Crippen LogP contribution in [0.15, 0.2) is 29.6 Å². The SMILES string of the molecule is O=C(O)c1cn[nH]c1S(=O)(=O)Nc1ccc(Cl)nc1. The predicted octanol–water partition coefficient (Wildman–Crippen LogP) is 0.957. The van der Waals surface area contributed by atoms with Crippen LogP contribution < -0.4 is 4.72 Å². The van der Waals surface area contributed by atoms with E-state index >= 15 is 0 Å². The summed E-state index contributed by atoms with van der Waals surface area (Å²) >= 11 is 5.57. The second-order valence-corrected chi connectivity index (χ2v) is 5.40. The lowest BCUT2D eigenvalue weighted by molar-refractivity contribution is 0.0692. The summed E-state index contributed by atoms with van der Waals surface area (Å²) in [4.78, 5) is 14.5. The van der Waals surface area contributed by atoms with Crippen LogP contribution in [0, 0.1) is 0 Å². The van der Waals surface area contributed by atoms with Crippen molar-refractivity contribution in [2.75, 3.05) is 4.72 Å². The number of sulfonamides is 1. The minimum Gasteiger partial charge on any atom is -0.478 e. The maximum Gasteiger partial charge on any atom is 0.340 e. The van der Waals surface area contributed by atoms with Crippen molar-refractivity contribution in [1.82, 2.24) is 15.2 Å². The fourth-order valence-corrected chi connectivity index (χ4v) is 2.52. The highest BCUT2D eigenvalue weighted by atomic mass is 35.5. The minimum atomic E-state index is -4.09. The second-order valence-electron chi connectivity index (χ2n) is 3.39. The molecule has 2 aromatic rings. The number of aromatic amines is 1. The van der Waals surface area contributed by atoms with E-state index in [1.807, 2.05) is 0 Å². The van der Waals surface area contributed by atoms with Crippen LogP contribution in [0.2, 0.25) is 5.15 Å². The average molecular weight is 303 g/mol. The van der Waals surface area contributed by atoms with Crippen LogP contribution in [0.5, 0.6) is 0 Å². The molecule has 8 nitrogen and oxygen atoms in total. The topological polar surface area (TPSA) is 125 Å². The monoisotopic (exact) mass is 302 g/mol. The first-order valence-electron chi connectivity index (χ1n) is 4.81. The number of H-pyrrole nitrogens is 1. The molecule has 0 aliphatic heterocycles. The molecule has 0 saturated heterocycles. The highest BCUT2D eigenvalue weighted by molar-refractivity contribution is 7.92. The Morgan fingerprint density at radius 3 is 2.68 bits per heavy atom. The first-order valence-corrected chi connectivity index (χ1v) is 6.67. The van der Waals surface area contributed by atoms with Gasteiger partial charge in [-0.1, -0.05) is 11.6 Å². The molecule has 0 fully saturated rings. The molecule has 2 rings (SSSR count). The zero-order chi connectivity index (χ0) is 14.0. The minimum absolute atomic E-state index is 0.148. The van der Waals surface area contributed by atoms with Gasteiger partial charge in [0, 0.05) is 0 Å². The van der Waals surface area contributed by atoms with Gasteiger partial charge in [-0.3, -0.25) is 9.82 Å². The van der Waals surface area contributed by atoms with E-state index in [0.29, 0.717) is 0 Å². The zero-order valence-electron chi connectivity index (χ0n) is 9.16. The van der Waals surface area contributed by atoms with Crippen LogP contribution in [-0.4, -0.2) is 34.7 Å². The molecule has 19 heavy (non-hydrogen) atoms. The summed E-state index contributed by atoms with van der Waals surface area (Å²) in [5.41, 5.74) is -0.301. The van der Waals surface area contributed by atoms with E-state index in [1.54, 1.807) is 0 Å². The van der Waals surface area contributed by atoms with Crippen molar-refractivity contribution in [1.29, 1.82) is 0 Å². The number of aromatic nitrogens is 3. The number of hydrogen-bond acceptors (Lipinski definition) is 5. The standard InChI is InChI=1S/C9H7ClN4O4S/c10-7-2-1-5(3-11-7)14-19(17,18)8-6(9(15)16)4-12-13-8/h1-4,14H,(H,12,13)(H,15,16). The molecule has 0 atom stereocenters. The molecule has 100 valence electrons. The van der Waals surface area contributed by atoms with E-state index in [1.165, 1.54) is 18.3 Å². The molecule has 2 heterocycles. The van der Waals surface area contributed by atoms with E-state index < -0.39 is 26.6 Å². The molecule has 0 amide bonds. The number of rotatable bonds is 4. The van der Waals surface area contributed by atoms with Gasteiger partial charge in [-0.2, -0.15) is 13.5 Å². The van der Waals surface area contributed by atoms with E-state index in [9.17, 15) is 13.2 Å². The third-order valence-corrected chi connectivity index (χ3v) is 3.66. The van der Waals surface area contributed by atoms with E-state index in [0.717, 1.165) is 6.20 Å². The van der Waals surface area contributed by atoms with E-state index in [2.05, 4.69) is 19.9 Å². The van der Waals surface area contributed by atoms with Crippen LogP contribution in [0.3, 0.4) is 0 Å². The highest BCUT2D eigenvalue weighted by Crippen LogP contribution is 2.17. The van der Waals surface area contributed by atoms with Crippen LogP contribution in [-0.2, 0) is 10.0 Å². The van der Waals surface area contributed by atoms with Gasteiger partial charge in [0.25, 0.3) is 10.0 Å². The van der Waals surface area contributed by atoms with Gasteiger partial charge in [0.15, 0.2) is 5.03 Å². The van der Waals surface area contributed by atoms with Crippen LogP contribution in [0.25, 0.3) is 0 Å². The van der Waals surface area contributed by atoms with Gasteiger partial charge in [-0.05, 0) is 12.1 Å². The number of halogens is 1. The van der Waals surface area contributed by atoms with Crippen molar-refractivity contribution in [2.45, 2.75) is 5.03 Å². The molecule has 10 heteroatoms. The van der Waals surface area contributed by atoms with Gasteiger partial charge in [0.1, 0.15) is 10.7 Å². The molecule has 0 saturated carbocycles. The molecule has 0 aliphatic rings. The van der Waals surface area contributed by atoms with Crippen LogP contribution >= 0.6 is 11.6 Å². The largest absolute Gasteiger partial charge is 0.478 e. The van der Waals surface area contributed by atoms with Crippen molar-refractivity contribution in [3.05, 3.63) is 35.2 Å². The Kier molecular flexibility index (Phi) is 3.40. The maximum absolute atomic E-state index is 12.0. The average Bonchev–Trinajstić information content (AvgIpc) is 2.82. The Bertz CT molecular complexity index is 710. The number of carbonyl (C=O) groups is 1. The third-order valence-electron chi connectivity index (χ3n) is 2.08. The summed E-state index contributed by atoms with van der Waals surface area (Å²) in [6.07, 6.45) is 2.12. The lowest BCUT2D eigenvalue weighted by atomic mass is 10.4. The molecular weight excluding hydrogens is 296 g/mol. The highest BCUT2D eigenvalue weighted by Gasteiger charge is 2.24. The van der Waals surface area contributed by atoms with E-state index in [-0.39, 0.29) is 10.8 Å². The molecule has 3 N–H and O–H groups in total. The van der Waals surface area contributed by atoms with Crippen molar-refractivity contribution in [3.8, 4) is 0 Å². The summed E-state index contributed by atoms with van der Waals surface area (Å²) in [5.74, 6) is -1.40. The van der Waals surface area contributed by atoms with Gasteiger partial charge in [-0.15, -0.1) is 0 Å². The lowest BCUT2D eigenvalue weighted by Gasteiger charge is -2.06. The Hall–Kier alpha value is -2.13. The van der Waals surface area contributed by atoms with Gasteiger partial charge < -0.3 is 5.11 Å². The van der Waals surface area contributed by atoms with Crippen molar-refractivity contribution >= 4 is 33.3 Å². The number of carboxylic acids is 1. The van der Waals surface area contributed by atoms with Gasteiger partial charge >= 0.3 is 5.97 Å². The number of anilines is 1. The molecule has 2 aromatic heterocycles. The van der Waals surface area contributed by atoms with Crippen LogP contribution in [0.1, 0.15) is 10.4 Å². The number of nitrogens with one attached hydrogen (secondary N) is 2. The normalized spacial score (nSPS) is 11.2. The lowest BCUT2D eigenvalue weighted by Crippen LogP contribution is -2.16. The summed E-state index contributed by atoms with van der Waals surface area (Å²) in [7, 11) is -4.09. The molecule has 0 radical (unpaired) electrons. The number of carboxylic acid groups (broad SMARTS) is 1. The van der Waals surface area contributed by atoms with Crippen molar-refractivity contribution in [2.24, 2.45) is 0 Å². The summed E-state index contributed by atoms with van der Waals surface area (Å²) in [6, 6.07) is 2.79. The van der Waals surface area contributed by atoms with Crippen LogP contribution in [0.4, 0.5) is 5.69 Å². The second kappa shape index (κ2) is 4.86. The molecule has 0 unspecified atom stereocenters. The Labute approximate surface area is 112 Å². The fourth-order valence-electron chi connectivity index (χ4n) is 1.27. The summed E-state index contributed by atoms with van der Waals surface area (Å²) in [5, 5.41) is 14.0. The first-order chi connectivity index (χ1) is 8.90. The van der Waals surface area contributed by atoms with Gasteiger partial charge in [0.2, 0.25) is 0 Å². The Balaban J connectivity index is 2.35. The van der Waals surface area contributed by atoms with E-state index in [4.69, 9.17) is 16.7 Å². The number of nitrogens with zero attached hydrogens (tertiary/aromatic N) is 2. The fraction of sp³-hybridized carbons (Fsp3) is 0. The number of hydrogen-bond donors (Lipinski definition) is 3. The summed E-state index contributed by atoms with van der Waals surface area (Å²) < 4.78 is 26.1. The Morgan fingerprint density at radius 2 is 2.11 bits per heavy atom. The number of pyridine rings is 1. The smallest absolute Gasteiger partial charge is 0.340 e. The maximum atomic E-state index is 12.0. The molecule has 0 aromatic carbocycles. The van der Waals surface area contributed by atoms with Gasteiger partial charge in [-0.25, -0.2) is 9.78 Å². The third kappa shape index (κ3) is 2.83. The Morgan fingerprint density at radius 1 is 1.37 bits per heavy atom. The molecule has 0 bridgehead atoms. The summed E-state index contributed by atoms with van der Waals surface area (Å²) in [6.45, 7) is 0. The predicted molar refractivity (Wildman–Crippen MR) is 65.6 cm³/mol. The quantitative estimate of drug-likeness (QED) is 0.722. The van der Waals surface area contributed by atoms with Crippen molar-refractivity contribution in [3.63, 3.8) is 0 Å². The first kappa shape index (κ1) is 13.3. The molecule has 0 aliphatic carbocycles. The van der Waals surface area contributed by atoms with Gasteiger partial charge in [0.05, 0.1) is 18.1 Å². The number of aromatic carboxylic acids is 1. The molecule has 0 spiro atoms. The molecular formula is C9H7ClN4O4S.